The molecule has 4 rings (SSSR count). The fourth-order valence-electron chi connectivity index (χ4n) is 4.95. The van der Waals surface area contributed by atoms with Gasteiger partial charge in [0, 0.05) is 38.5 Å². The average molecular weight is 517 g/mol. The van der Waals surface area contributed by atoms with Crippen LogP contribution in [0.5, 0.6) is 5.75 Å². The summed E-state index contributed by atoms with van der Waals surface area (Å²) in [6.45, 7) is 2.85. The first-order valence-electron chi connectivity index (χ1n) is 13.3. The van der Waals surface area contributed by atoms with Crippen LogP contribution in [0.2, 0.25) is 0 Å². The second-order valence-electron chi connectivity index (χ2n) is 9.83. The molecule has 3 aliphatic rings. The molecule has 1 N–H and O–H groups in total. The molecule has 0 aromatic heterocycles. The molecule has 7 nitrogen and oxygen atoms in total. The van der Waals surface area contributed by atoms with Crippen LogP contribution in [0, 0.1) is 29.5 Å². The standard InChI is InChI=1S/C29H37FO7/c1-20(31)11-13-24-25(27(18-26(24)32)37-29-10-3-5-16-34-29)14-12-23(36-28-9-2-4-15-33-28)19-35-22-8-6-7-21(30)17-22/h6-8,12,14,17,23-29,32H,2-5,9-10,15-16,18-19H2,1H3. The van der Waals surface area contributed by atoms with Crippen molar-refractivity contribution in [3.05, 3.63) is 42.2 Å². The number of aliphatic hydroxyl groups excluding tert-OH is 1. The van der Waals surface area contributed by atoms with Crippen molar-refractivity contribution in [2.45, 2.75) is 82.8 Å². The maximum absolute atomic E-state index is 13.6. The monoisotopic (exact) mass is 516 g/mol. The number of benzene rings is 1. The van der Waals surface area contributed by atoms with Crippen LogP contribution >= 0.6 is 0 Å². The number of hydrogen-bond donors (Lipinski definition) is 1. The number of carbonyl (C=O) groups excluding carboxylic acids is 1. The molecule has 2 aliphatic heterocycles. The molecule has 0 amide bonds. The van der Waals surface area contributed by atoms with Gasteiger partial charge >= 0.3 is 0 Å². The molecule has 202 valence electrons. The lowest BCUT2D eigenvalue weighted by Crippen LogP contribution is -2.32. The van der Waals surface area contributed by atoms with Crippen LogP contribution in [0.3, 0.4) is 0 Å². The average Bonchev–Trinajstić information content (AvgIpc) is 3.19. The van der Waals surface area contributed by atoms with Crippen molar-refractivity contribution in [3.63, 3.8) is 0 Å². The molecule has 1 aromatic rings. The van der Waals surface area contributed by atoms with Gasteiger partial charge in [0.2, 0.25) is 5.78 Å². The first-order valence-corrected chi connectivity index (χ1v) is 13.3. The van der Waals surface area contributed by atoms with E-state index in [1.807, 2.05) is 12.2 Å². The van der Waals surface area contributed by atoms with Gasteiger partial charge in [0.25, 0.3) is 0 Å². The number of ketones is 1. The van der Waals surface area contributed by atoms with E-state index >= 15 is 0 Å². The fourth-order valence-corrected chi connectivity index (χ4v) is 4.95. The van der Waals surface area contributed by atoms with Gasteiger partial charge in [-0.2, -0.15) is 0 Å². The lowest BCUT2D eigenvalue weighted by Gasteiger charge is -2.29. The van der Waals surface area contributed by atoms with E-state index in [1.54, 1.807) is 12.1 Å². The molecule has 0 bridgehead atoms. The zero-order chi connectivity index (χ0) is 26.0. The van der Waals surface area contributed by atoms with E-state index in [2.05, 4.69) is 11.8 Å². The predicted octanol–water partition coefficient (Wildman–Crippen LogP) is 4.17. The van der Waals surface area contributed by atoms with Gasteiger partial charge in [0.15, 0.2) is 12.6 Å². The summed E-state index contributed by atoms with van der Waals surface area (Å²) >= 11 is 0. The van der Waals surface area contributed by atoms with Crippen LogP contribution in [0.15, 0.2) is 36.4 Å². The number of Topliss-reactive ketones (excluding diaryl/α,β-unsaturated/α-hetero) is 1. The molecule has 1 saturated carbocycles. The van der Waals surface area contributed by atoms with E-state index in [4.69, 9.17) is 23.7 Å². The third-order valence-electron chi connectivity index (χ3n) is 6.83. The molecule has 2 saturated heterocycles. The fraction of sp³-hybridized carbons (Fsp3) is 0.621. The van der Waals surface area contributed by atoms with E-state index in [-0.39, 0.29) is 42.8 Å². The molecule has 1 aromatic carbocycles. The summed E-state index contributed by atoms with van der Waals surface area (Å²) < 4.78 is 43.5. The summed E-state index contributed by atoms with van der Waals surface area (Å²) in [6.07, 6.45) is 7.62. The number of aliphatic hydroxyl groups is 1. The predicted molar refractivity (Wildman–Crippen MR) is 134 cm³/mol. The summed E-state index contributed by atoms with van der Waals surface area (Å²) in [6, 6.07) is 5.97. The molecule has 0 spiro atoms. The summed E-state index contributed by atoms with van der Waals surface area (Å²) in [4.78, 5) is 11.5. The molecular formula is C29H37FO7. The highest BCUT2D eigenvalue weighted by atomic mass is 19.1. The van der Waals surface area contributed by atoms with E-state index < -0.39 is 18.1 Å². The quantitative estimate of drug-likeness (QED) is 0.300. The second-order valence-corrected chi connectivity index (χ2v) is 9.83. The lowest BCUT2D eigenvalue weighted by atomic mass is 9.93. The van der Waals surface area contributed by atoms with Crippen LogP contribution in [-0.4, -0.2) is 61.6 Å². The van der Waals surface area contributed by atoms with Gasteiger partial charge in [-0.05, 0) is 56.6 Å². The van der Waals surface area contributed by atoms with Crippen molar-refractivity contribution in [2.24, 2.45) is 11.8 Å². The number of hydrogen-bond acceptors (Lipinski definition) is 7. The Kier molecular flexibility index (Phi) is 10.5. The van der Waals surface area contributed by atoms with Crippen LogP contribution in [0.1, 0.15) is 51.9 Å². The lowest BCUT2D eigenvalue weighted by molar-refractivity contribution is -0.193. The highest BCUT2D eigenvalue weighted by molar-refractivity contribution is 5.93. The molecular weight excluding hydrogens is 479 g/mol. The maximum Gasteiger partial charge on any atom is 0.202 e. The summed E-state index contributed by atoms with van der Waals surface area (Å²) in [5.41, 5.74) is 0. The van der Waals surface area contributed by atoms with Crippen molar-refractivity contribution in [2.75, 3.05) is 19.8 Å². The summed E-state index contributed by atoms with van der Waals surface area (Å²) in [5, 5.41) is 10.8. The smallest absolute Gasteiger partial charge is 0.202 e. The van der Waals surface area contributed by atoms with Crippen molar-refractivity contribution >= 4 is 5.78 Å². The SMILES string of the molecule is CC(=O)C#CC1C(O)CC(OC2CCCCO2)C1C=CC(COc1cccc(F)c1)OC1CCCCO1. The minimum atomic E-state index is -0.736. The van der Waals surface area contributed by atoms with Gasteiger partial charge in [-0.3, -0.25) is 4.79 Å². The largest absolute Gasteiger partial charge is 0.490 e. The van der Waals surface area contributed by atoms with Crippen LogP contribution in [-0.2, 0) is 23.7 Å². The second kappa shape index (κ2) is 14.0. The molecule has 7 unspecified atom stereocenters. The van der Waals surface area contributed by atoms with Gasteiger partial charge < -0.3 is 28.8 Å². The molecule has 0 radical (unpaired) electrons. The first-order chi connectivity index (χ1) is 18.0. The highest BCUT2D eigenvalue weighted by Gasteiger charge is 2.42. The summed E-state index contributed by atoms with van der Waals surface area (Å²) in [5.74, 6) is 4.58. The molecule has 8 heteroatoms. The minimum absolute atomic E-state index is 0.149. The van der Waals surface area contributed by atoms with Gasteiger partial charge in [0.1, 0.15) is 24.3 Å². The topological polar surface area (TPSA) is 83.5 Å². The van der Waals surface area contributed by atoms with E-state index in [0.29, 0.717) is 25.4 Å². The zero-order valence-corrected chi connectivity index (χ0v) is 21.4. The van der Waals surface area contributed by atoms with E-state index in [0.717, 1.165) is 38.5 Å². The van der Waals surface area contributed by atoms with E-state index in [1.165, 1.54) is 19.1 Å². The maximum atomic E-state index is 13.6. The Morgan fingerprint density at radius 3 is 2.62 bits per heavy atom. The van der Waals surface area contributed by atoms with E-state index in [9.17, 15) is 14.3 Å². The minimum Gasteiger partial charge on any atom is -0.490 e. The van der Waals surface area contributed by atoms with Gasteiger partial charge in [-0.15, -0.1) is 0 Å². The molecule has 1 aliphatic carbocycles. The van der Waals surface area contributed by atoms with Crippen molar-refractivity contribution in [3.8, 4) is 17.6 Å². The van der Waals surface area contributed by atoms with Crippen molar-refractivity contribution in [1.82, 2.24) is 0 Å². The Morgan fingerprint density at radius 2 is 1.95 bits per heavy atom. The molecule has 2 heterocycles. The Labute approximate surface area is 218 Å². The zero-order valence-electron chi connectivity index (χ0n) is 21.4. The number of ether oxygens (including phenoxy) is 5. The number of carbonyl (C=O) groups is 1. The van der Waals surface area contributed by atoms with Crippen LogP contribution < -0.4 is 4.74 Å². The normalized spacial score (nSPS) is 31.0. The van der Waals surface area contributed by atoms with Crippen molar-refractivity contribution < 1.29 is 38.0 Å². The van der Waals surface area contributed by atoms with Crippen LogP contribution in [0.25, 0.3) is 0 Å². The number of rotatable bonds is 9. The molecule has 3 fully saturated rings. The Balaban J connectivity index is 1.51. The molecule has 7 atom stereocenters. The third kappa shape index (κ3) is 8.62. The number of halogens is 1. The Morgan fingerprint density at radius 1 is 1.19 bits per heavy atom. The Bertz CT molecular complexity index is 958. The van der Waals surface area contributed by atoms with Gasteiger partial charge in [-0.25, -0.2) is 4.39 Å². The van der Waals surface area contributed by atoms with Gasteiger partial charge in [0.05, 0.1) is 18.1 Å². The Hall–Kier alpha value is -2.28. The first kappa shape index (κ1) is 27.7. The van der Waals surface area contributed by atoms with Gasteiger partial charge in [-0.1, -0.05) is 24.1 Å². The molecule has 37 heavy (non-hydrogen) atoms. The third-order valence-corrected chi connectivity index (χ3v) is 6.83. The highest BCUT2D eigenvalue weighted by Crippen LogP contribution is 2.37. The summed E-state index contributed by atoms with van der Waals surface area (Å²) in [7, 11) is 0. The van der Waals surface area contributed by atoms with Crippen LogP contribution in [0.4, 0.5) is 4.39 Å². The van der Waals surface area contributed by atoms with Crippen molar-refractivity contribution in [1.29, 1.82) is 0 Å².